The Morgan fingerprint density at radius 1 is 1.19 bits per heavy atom. The molecule has 3 aromatic rings. The first kappa shape index (κ1) is 12.6. The maximum Gasteiger partial charge on any atom is 0.102 e. The fraction of sp³-hybridized carbons (Fsp3) is 0.176. The molecule has 0 unspecified atom stereocenters. The molecule has 0 aliphatic heterocycles. The molecule has 0 atom stereocenters. The second-order valence-corrected chi connectivity index (χ2v) is 6.26. The highest BCUT2D eigenvalue weighted by Crippen LogP contribution is 2.40. The SMILES string of the molecule is N#Cc1ccccc1-c1nn(C2CC2)c2ccc(Br)cc12. The van der Waals surface area contributed by atoms with Gasteiger partial charge < -0.3 is 0 Å². The minimum Gasteiger partial charge on any atom is -0.261 e. The Kier molecular flexibility index (Phi) is 2.83. The zero-order valence-corrected chi connectivity index (χ0v) is 12.8. The summed E-state index contributed by atoms with van der Waals surface area (Å²) in [5, 5.41) is 15.3. The van der Waals surface area contributed by atoms with Gasteiger partial charge in [-0.3, -0.25) is 4.68 Å². The molecule has 0 spiro atoms. The number of nitriles is 1. The Balaban J connectivity index is 2.04. The fourth-order valence-electron chi connectivity index (χ4n) is 2.70. The zero-order chi connectivity index (χ0) is 14.4. The molecule has 0 saturated heterocycles. The van der Waals surface area contributed by atoms with Crippen LogP contribution >= 0.6 is 15.9 Å². The molecule has 1 aliphatic carbocycles. The summed E-state index contributed by atoms with van der Waals surface area (Å²) in [5.41, 5.74) is 3.61. The van der Waals surface area contributed by atoms with Crippen molar-refractivity contribution in [1.29, 1.82) is 5.26 Å². The van der Waals surface area contributed by atoms with E-state index in [0.29, 0.717) is 11.6 Å². The highest BCUT2D eigenvalue weighted by Gasteiger charge is 2.28. The lowest BCUT2D eigenvalue weighted by molar-refractivity contribution is 0.668. The van der Waals surface area contributed by atoms with Gasteiger partial charge in [0, 0.05) is 15.4 Å². The number of hydrogen-bond donors (Lipinski definition) is 0. The lowest BCUT2D eigenvalue weighted by Crippen LogP contribution is -1.96. The number of hydrogen-bond acceptors (Lipinski definition) is 2. The zero-order valence-electron chi connectivity index (χ0n) is 11.3. The maximum atomic E-state index is 9.34. The summed E-state index contributed by atoms with van der Waals surface area (Å²) in [5.74, 6) is 0. The van der Waals surface area contributed by atoms with Crippen molar-refractivity contribution < 1.29 is 0 Å². The number of aromatic nitrogens is 2. The molecule has 4 rings (SSSR count). The first-order chi connectivity index (χ1) is 10.3. The van der Waals surface area contributed by atoms with Gasteiger partial charge in [-0.25, -0.2) is 0 Å². The van der Waals surface area contributed by atoms with Crippen molar-refractivity contribution in [2.24, 2.45) is 0 Å². The van der Waals surface area contributed by atoms with E-state index in [4.69, 9.17) is 5.10 Å². The first-order valence-electron chi connectivity index (χ1n) is 6.95. The average molecular weight is 338 g/mol. The van der Waals surface area contributed by atoms with Crippen LogP contribution in [0.5, 0.6) is 0 Å². The van der Waals surface area contributed by atoms with Crippen molar-refractivity contribution in [3.63, 3.8) is 0 Å². The van der Waals surface area contributed by atoms with Gasteiger partial charge in [0.2, 0.25) is 0 Å². The quantitative estimate of drug-likeness (QED) is 0.681. The summed E-state index contributed by atoms with van der Waals surface area (Å²) in [7, 11) is 0. The Labute approximate surface area is 130 Å². The van der Waals surface area contributed by atoms with Crippen LogP contribution < -0.4 is 0 Å². The fourth-order valence-corrected chi connectivity index (χ4v) is 3.06. The van der Waals surface area contributed by atoms with E-state index in [2.05, 4.69) is 38.8 Å². The molecule has 102 valence electrons. The number of benzene rings is 2. The third-order valence-corrected chi connectivity index (χ3v) is 4.36. The predicted octanol–water partition coefficient (Wildman–Crippen LogP) is 4.67. The highest BCUT2D eigenvalue weighted by atomic mass is 79.9. The van der Waals surface area contributed by atoms with Crippen LogP contribution in [0.2, 0.25) is 0 Å². The molecule has 0 bridgehead atoms. The van der Waals surface area contributed by atoms with Crippen molar-refractivity contribution in [2.75, 3.05) is 0 Å². The topological polar surface area (TPSA) is 41.6 Å². The highest BCUT2D eigenvalue weighted by molar-refractivity contribution is 9.10. The van der Waals surface area contributed by atoms with Crippen LogP contribution in [0.4, 0.5) is 0 Å². The normalized spacial score (nSPS) is 14.3. The monoisotopic (exact) mass is 337 g/mol. The average Bonchev–Trinajstić information content (AvgIpc) is 3.29. The van der Waals surface area contributed by atoms with E-state index in [1.807, 2.05) is 30.3 Å². The summed E-state index contributed by atoms with van der Waals surface area (Å²) in [6.45, 7) is 0. The predicted molar refractivity (Wildman–Crippen MR) is 85.9 cm³/mol. The van der Waals surface area contributed by atoms with Gasteiger partial charge >= 0.3 is 0 Å². The lowest BCUT2D eigenvalue weighted by Gasteiger charge is -2.00. The van der Waals surface area contributed by atoms with Crippen molar-refractivity contribution in [3.05, 3.63) is 52.5 Å². The largest absolute Gasteiger partial charge is 0.261 e. The number of halogens is 1. The number of rotatable bonds is 2. The molecule has 2 aromatic carbocycles. The molecular weight excluding hydrogens is 326 g/mol. The van der Waals surface area contributed by atoms with E-state index < -0.39 is 0 Å². The van der Waals surface area contributed by atoms with E-state index in [0.717, 1.165) is 26.6 Å². The molecule has 1 aliphatic rings. The molecule has 1 heterocycles. The molecule has 1 fully saturated rings. The lowest BCUT2D eigenvalue weighted by atomic mass is 10.0. The standard InChI is InChI=1S/C17H12BrN3/c18-12-5-8-16-15(9-12)17(20-21(16)13-6-7-13)14-4-2-1-3-11(14)10-19/h1-5,8-9,13H,6-7H2. The Morgan fingerprint density at radius 2 is 2.00 bits per heavy atom. The van der Waals surface area contributed by atoms with Crippen LogP contribution in [0.25, 0.3) is 22.2 Å². The Bertz CT molecular complexity index is 885. The van der Waals surface area contributed by atoms with Gasteiger partial charge in [0.15, 0.2) is 0 Å². The van der Waals surface area contributed by atoms with Crippen LogP contribution in [0.15, 0.2) is 46.9 Å². The van der Waals surface area contributed by atoms with Crippen LogP contribution in [-0.2, 0) is 0 Å². The summed E-state index contributed by atoms with van der Waals surface area (Å²) in [6.07, 6.45) is 2.37. The summed E-state index contributed by atoms with van der Waals surface area (Å²) < 4.78 is 3.15. The van der Waals surface area contributed by atoms with Gasteiger partial charge in [-0.05, 0) is 37.1 Å². The molecule has 0 radical (unpaired) electrons. The third-order valence-electron chi connectivity index (χ3n) is 3.86. The van der Waals surface area contributed by atoms with Crippen molar-refractivity contribution in [3.8, 4) is 17.3 Å². The minimum absolute atomic E-state index is 0.511. The second kappa shape index (κ2) is 4.71. The molecule has 0 N–H and O–H groups in total. The van der Waals surface area contributed by atoms with Crippen LogP contribution in [0.1, 0.15) is 24.4 Å². The number of nitrogens with zero attached hydrogens (tertiary/aromatic N) is 3. The molecule has 0 amide bonds. The van der Waals surface area contributed by atoms with E-state index in [1.165, 1.54) is 12.8 Å². The van der Waals surface area contributed by atoms with Gasteiger partial charge in [-0.1, -0.05) is 34.1 Å². The van der Waals surface area contributed by atoms with Crippen LogP contribution in [0.3, 0.4) is 0 Å². The maximum absolute atomic E-state index is 9.34. The van der Waals surface area contributed by atoms with E-state index >= 15 is 0 Å². The van der Waals surface area contributed by atoms with Gasteiger partial charge in [0.1, 0.15) is 5.69 Å². The molecule has 4 heteroatoms. The van der Waals surface area contributed by atoms with E-state index in [1.54, 1.807) is 0 Å². The molecular formula is C17H12BrN3. The van der Waals surface area contributed by atoms with Crippen molar-refractivity contribution >= 4 is 26.8 Å². The summed E-state index contributed by atoms with van der Waals surface area (Å²) >= 11 is 3.53. The van der Waals surface area contributed by atoms with Crippen LogP contribution in [-0.4, -0.2) is 9.78 Å². The van der Waals surface area contributed by atoms with E-state index in [9.17, 15) is 5.26 Å². The number of fused-ring (bicyclic) bond motifs is 1. The van der Waals surface area contributed by atoms with Gasteiger partial charge in [-0.2, -0.15) is 10.4 Å². The van der Waals surface area contributed by atoms with E-state index in [-0.39, 0.29) is 0 Å². The smallest absolute Gasteiger partial charge is 0.102 e. The van der Waals surface area contributed by atoms with Gasteiger partial charge in [0.25, 0.3) is 0 Å². The molecule has 1 aromatic heterocycles. The minimum atomic E-state index is 0.511. The summed E-state index contributed by atoms with van der Waals surface area (Å²) in [4.78, 5) is 0. The first-order valence-corrected chi connectivity index (χ1v) is 7.74. The van der Waals surface area contributed by atoms with Crippen molar-refractivity contribution in [1.82, 2.24) is 9.78 Å². The second-order valence-electron chi connectivity index (χ2n) is 5.34. The molecule has 3 nitrogen and oxygen atoms in total. The molecule has 21 heavy (non-hydrogen) atoms. The van der Waals surface area contributed by atoms with Gasteiger partial charge in [-0.15, -0.1) is 0 Å². The summed E-state index contributed by atoms with van der Waals surface area (Å²) in [6, 6.07) is 16.7. The van der Waals surface area contributed by atoms with Gasteiger partial charge in [0.05, 0.1) is 23.2 Å². The Hall–Kier alpha value is -2.12. The van der Waals surface area contributed by atoms with Crippen molar-refractivity contribution in [2.45, 2.75) is 18.9 Å². The molecule has 1 saturated carbocycles. The van der Waals surface area contributed by atoms with Crippen LogP contribution in [0, 0.1) is 11.3 Å². The third kappa shape index (κ3) is 2.05. The Morgan fingerprint density at radius 3 is 2.76 bits per heavy atom.